The predicted molar refractivity (Wildman–Crippen MR) is 161 cm³/mol. The smallest absolute Gasteiger partial charge is 0.444 e. The Morgan fingerprint density at radius 3 is 2.08 bits per heavy atom. The Labute approximate surface area is 242 Å². The van der Waals surface area contributed by atoms with Crippen LogP contribution in [0.15, 0.2) is 47.1 Å². The summed E-state index contributed by atoms with van der Waals surface area (Å²) in [4.78, 5) is 14.4. The number of aryl methyl sites for hydroxylation is 1. The van der Waals surface area contributed by atoms with Gasteiger partial charge in [-0.3, -0.25) is 0 Å². The number of carbonyl (C=O) groups excluding carboxylic acids is 1. The Morgan fingerprint density at radius 2 is 1.65 bits per heavy atom. The molecule has 0 spiro atoms. The van der Waals surface area contributed by atoms with Crippen molar-refractivity contribution < 1.29 is 27.4 Å². The first-order valence-corrected chi connectivity index (χ1v) is 14.7. The van der Waals surface area contributed by atoms with Crippen molar-refractivity contribution in [3.8, 4) is 5.75 Å². The second-order valence-corrected chi connectivity index (χ2v) is 11.4. The van der Waals surface area contributed by atoms with Gasteiger partial charge in [-0.05, 0) is 104 Å². The number of hydrogen-bond donors (Lipinski definition) is 0. The van der Waals surface area contributed by atoms with Gasteiger partial charge in [0.15, 0.2) is 0 Å². The fourth-order valence-corrected chi connectivity index (χ4v) is 4.29. The summed E-state index contributed by atoms with van der Waals surface area (Å²) in [7, 11) is 0. The molecule has 7 heteroatoms. The van der Waals surface area contributed by atoms with Crippen LogP contribution in [-0.2, 0) is 4.74 Å². The van der Waals surface area contributed by atoms with Gasteiger partial charge < -0.3 is 14.4 Å². The number of benzene rings is 1. The molecular formula is C33H54F3NO3. The van der Waals surface area contributed by atoms with E-state index in [0.29, 0.717) is 11.8 Å². The van der Waals surface area contributed by atoms with Crippen molar-refractivity contribution in [2.24, 2.45) is 11.8 Å². The number of nitrogens with zero attached hydrogens (tertiary/aromatic N) is 1. The van der Waals surface area contributed by atoms with Gasteiger partial charge in [0.1, 0.15) is 11.4 Å². The third kappa shape index (κ3) is 14.3. The van der Waals surface area contributed by atoms with Gasteiger partial charge in [-0.1, -0.05) is 69.5 Å². The molecule has 3 unspecified atom stereocenters. The molecule has 0 saturated carbocycles. The summed E-state index contributed by atoms with van der Waals surface area (Å²) >= 11 is 0. The number of carbonyl (C=O) groups is 1. The molecule has 1 heterocycles. The second kappa shape index (κ2) is 17.4. The van der Waals surface area contributed by atoms with Gasteiger partial charge in [-0.25, -0.2) is 4.79 Å². The lowest BCUT2D eigenvalue weighted by molar-refractivity contribution is -0.274. The molecule has 0 aromatic heterocycles. The molecule has 3 atom stereocenters. The highest BCUT2D eigenvalue weighted by molar-refractivity contribution is 5.68. The molecule has 1 aromatic carbocycles. The van der Waals surface area contributed by atoms with E-state index in [1.807, 2.05) is 39.5 Å². The van der Waals surface area contributed by atoms with Crippen molar-refractivity contribution in [1.82, 2.24) is 4.90 Å². The van der Waals surface area contributed by atoms with E-state index in [1.165, 1.54) is 35.3 Å². The maximum absolute atomic E-state index is 12.5. The minimum atomic E-state index is -4.60. The van der Waals surface area contributed by atoms with Crippen molar-refractivity contribution in [2.45, 2.75) is 127 Å². The Balaban J connectivity index is 0.000000902. The lowest BCUT2D eigenvalue weighted by atomic mass is 9.81. The zero-order valence-electron chi connectivity index (χ0n) is 27.0. The lowest BCUT2D eigenvalue weighted by Gasteiger charge is -2.39. The molecule has 0 aliphatic carbocycles. The largest absolute Gasteiger partial charge is 0.573 e. The third-order valence-electron chi connectivity index (χ3n) is 6.99. The van der Waals surface area contributed by atoms with Crippen molar-refractivity contribution >= 4 is 6.09 Å². The number of likely N-dealkylation sites (tertiary alicyclic amines) is 1. The van der Waals surface area contributed by atoms with E-state index in [9.17, 15) is 18.0 Å². The summed E-state index contributed by atoms with van der Waals surface area (Å²) in [6.07, 6.45) is 1.95. The Hall–Kier alpha value is -2.44. The normalized spacial score (nSPS) is 19.3. The highest BCUT2D eigenvalue weighted by atomic mass is 19.4. The number of halogens is 3. The van der Waals surface area contributed by atoms with Crippen LogP contribution in [0.2, 0.25) is 0 Å². The predicted octanol–water partition coefficient (Wildman–Crippen LogP) is 10.7. The third-order valence-corrected chi connectivity index (χ3v) is 6.99. The van der Waals surface area contributed by atoms with E-state index in [-0.39, 0.29) is 17.9 Å². The fraction of sp³-hybridized carbons (Fsp3) is 0.667. The highest BCUT2D eigenvalue weighted by Gasteiger charge is 2.33. The van der Waals surface area contributed by atoms with Crippen LogP contribution in [0.4, 0.5) is 18.0 Å². The molecule has 1 saturated heterocycles. The molecule has 0 radical (unpaired) electrons. The first kappa shape index (κ1) is 37.6. The van der Waals surface area contributed by atoms with E-state index >= 15 is 0 Å². The number of piperidine rings is 1. The van der Waals surface area contributed by atoms with Gasteiger partial charge >= 0.3 is 12.5 Å². The standard InChI is InChI=1S/C23H41NO2.C8H7F3O.C2H6/c1-10-16(3)18(5)14-21(17(4)11-2)20-12-13-24(19(6)15-20)22(25)26-23(7,8)9;1-6-2-4-7(5-3-6)12-8(9,10)11;1-2/h14,16,19-20H,10-13,15H2,1-9H3;2-5H,1H3;1-2H3/b18-14-,21-17?;;. The van der Waals surface area contributed by atoms with Crippen molar-refractivity contribution in [1.29, 1.82) is 0 Å². The maximum atomic E-state index is 12.5. The SMILES string of the molecule is CC.CCC(C)=C(/C=C(/C)C(C)CC)C1CCN(C(=O)OC(C)(C)C)C(C)C1.Cc1ccc(OC(F)(F)F)cc1. The Kier molecular flexibility index (Phi) is 16.3. The van der Waals surface area contributed by atoms with E-state index in [0.717, 1.165) is 31.4 Å². The van der Waals surface area contributed by atoms with Gasteiger partial charge in [-0.2, -0.15) is 0 Å². The van der Waals surface area contributed by atoms with Crippen LogP contribution in [-0.4, -0.2) is 35.5 Å². The number of ether oxygens (including phenoxy) is 2. The maximum Gasteiger partial charge on any atom is 0.573 e. The van der Waals surface area contributed by atoms with Crippen molar-refractivity contribution in [3.63, 3.8) is 0 Å². The summed E-state index contributed by atoms with van der Waals surface area (Å²) in [6, 6.07) is 5.88. The summed E-state index contributed by atoms with van der Waals surface area (Å²) in [6.45, 7) is 25.8. The van der Waals surface area contributed by atoms with Crippen LogP contribution < -0.4 is 4.74 Å². The average Bonchev–Trinajstić information content (AvgIpc) is 2.87. The molecule has 1 aromatic rings. The van der Waals surface area contributed by atoms with Crippen LogP contribution in [0.25, 0.3) is 0 Å². The van der Waals surface area contributed by atoms with Gasteiger partial charge in [-0.15, -0.1) is 13.2 Å². The minimum absolute atomic E-state index is 0.174. The summed E-state index contributed by atoms with van der Waals surface area (Å²) < 4.78 is 44.1. The van der Waals surface area contributed by atoms with Gasteiger partial charge in [0.2, 0.25) is 0 Å². The monoisotopic (exact) mass is 569 g/mol. The van der Waals surface area contributed by atoms with E-state index in [4.69, 9.17) is 4.74 Å². The number of amides is 1. The molecule has 1 fully saturated rings. The van der Waals surface area contributed by atoms with Gasteiger partial charge in [0.25, 0.3) is 0 Å². The van der Waals surface area contributed by atoms with E-state index < -0.39 is 12.0 Å². The number of hydrogen-bond acceptors (Lipinski definition) is 3. The second-order valence-electron chi connectivity index (χ2n) is 11.4. The first-order chi connectivity index (χ1) is 18.5. The number of alkyl halides is 3. The molecule has 230 valence electrons. The molecule has 1 amide bonds. The number of rotatable bonds is 6. The van der Waals surface area contributed by atoms with Gasteiger partial charge in [0, 0.05) is 12.6 Å². The average molecular weight is 570 g/mol. The Bertz CT molecular complexity index is 943. The topological polar surface area (TPSA) is 38.8 Å². The van der Waals surface area contributed by atoms with E-state index in [2.05, 4.69) is 52.4 Å². The minimum Gasteiger partial charge on any atom is -0.444 e. The van der Waals surface area contributed by atoms with E-state index in [1.54, 1.807) is 19.1 Å². The van der Waals surface area contributed by atoms with Crippen LogP contribution in [0.3, 0.4) is 0 Å². The first-order valence-electron chi connectivity index (χ1n) is 14.7. The van der Waals surface area contributed by atoms with Crippen LogP contribution >= 0.6 is 0 Å². The fourth-order valence-electron chi connectivity index (χ4n) is 4.29. The summed E-state index contributed by atoms with van der Waals surface area (Å²) in [5, 5.41) is 0. The molecule has 1 aliphatic heterocycles. The van der Waals surface area contributed by atoms with Crippen molar-refractivity contribution in [2.75, 3.05) is 6.54 Å². The van der Waals surface area contributed by atoms with Gasteiger partial charge in [0.05, 0.1) is 0 Å². The molecule has 40 heavy (non-hydrogen) atoms. The molecular weight excluding hydrogens is 515 g/mol. The van der Waals surface area contributed by atoms with Crippen LogP contribution in [0.5, 0.6) is 5.75 Å². The zero-order valence-corrected chi connectivity index (χ0v) is 27.0. The summed E-state index contributed by atoms with van der Waals surface area (Å²) in [5.74, 6) is 0.963. The van der Waals surface area contributed by atoms with Crippen LogP contribution in [0.1, 0.15) is 107 Å². The highest BCUT2D eigenvalue weighted by Crippen LogP contribution is 2.34. The molecule has 2 rings (SSSR count). The Morgan fingerprint density at radius 1 is 1.10 bits per heavy atom. The quantitative estimate of drug-likeness (QED) is 0.320. The number of allylic oxidation sites excluding steroid dienone is 4. The molecule has 1 aliphatic rings. The molecule has 4 nitrogen and oxygen atoms in total. The lowest BCUT2D eigenvalue weighted by Crippen LogP contribution is -2.47. The van der Waals surface area contributed by atoms with Crippen molar-refractivity contribution in [3.05, 3.63) is 52.6 Å². The molecule has 0 N–H and O–H groups in total. The molecule has 0 bridgehead atoms. The summed E-state index contributed by atoms with van der Waals surface area (Å²) in [5.41, 5.74) is 4.91. The zero-order chi connectivity index (χ0) is 31.3. The van der Waals surface area contributed by atoms with Crippen LogP contribution in [0, 0.1) is 18.8 Å².